The van der Waals surface area contributed by atoms with Gasteiger partial charge >= 0.3 is 0 Å². The number of benzene rings is 2. The standard InChI is InChI=1S/C18H24N/c1-15(2)17-12-10-16(11-13-17)14-19(3,4)18-8-6-5-7-9-18/h5-13,15H,14H2,1-4H3/q+1. The van der Waals surface area contributed by atoms with Crippen LogP contribution in [0.25, 0.3) is 0 Å². The molecule has 0 amide bonds. The average molecular weight is 254 g/mol. The molecule has 2 rings (SSSR count). The third-order valence-electron chi connectivity index (χ3n) is 3.68. The molecule has 0 bridgehead atoms. The Bertz CT molecular complexity index is 509. The highest BCUT2D eigenvalue weighted by Crippen LogP contribution is 2.22. The van der Waals surface area contributed by atoms with Crippen LogP contribution in [0.2, 0.25) is 0 Å². The molecule has 0 aliphatic carbocycles. The predicted molar refractivity (Wildman–Crippen MR) is 84.3 cm³/mol. The fourth-order valence-corrected chi connectivity index (χ4v) is 2.39. The maximum atomic E-state index is 2.26. The number of nitrogens with zero attached hydrogens (tertiary/aromatic N) is 1. The van der Waals surface area contributed by atoms with Gasteiger partial charge in [0.1, 0.15) is 12.2 Å². The molecule has 0 saturated heterocycles. The zero-order valence-electron chi connectivity index (χ0n) is 12.4. The number of rotatable bonds is 4. The largest absolute Gasteiger partial charge is 0.292 e. The van der Waals surface area contributed by atoms with E-state index in [2.05, 4.69) is 82.5 Å². The summed E-state index contributed by atoms with van der Waals surface area (Å²) in [6.07, 6.45) is 0. The first-order valence-electron chi connectivity index (χ1n) is 6.96. The second-order valence-electron chi connectivity index (χ2n) is 6.07. The van der Waals surface area contributed by atoms with Gasteiger partial charge in [-0.3, -0.25) is 4.48 Å². The van der Waals surface area contributed by atoms with Crippen LogP contribution in [-0.4, -0.2) is 14.1 Å². The number of hydrogen-bond donors (Lipinski definition) is 0. The molecule has 0 N–H and O–H groups in total. The number of quaternary nitrogens is 1. The minimum absolute atomic E-state index is 0.602. The lowest BCUT2D eigenvalue weighted by molar-refractivity contribution is 0.392. The summed E-state index contributed by atoms with van der Waals surface area (Å²) >= 11 is 0. The van der Waals surface area contributed by atoms with E-state index in [0.717, 1.165) is 11.0 Å². The Morgan fingerprint density at radius 1 is 0.842 bits per heavy atom. The van der Waals surface area contributed by atoms with Crippen LogP contribution in [0.4, 0.5) is 5.69 Å². The minimum Gasteiger partial charge on any atom is -0.292 e. The van der Waals surface area contributed by atoms with Gasteiger partial charge in [0, 0.05) is 5.56 Å². The monoisotopic (exact) mass is 254 g/mol. The Balaban J connectivity index is 2.16. The summed E-state index contributed by atoms with van der Waals surface area (Å²) in [5, 5.41) is 0. The fraction of sp³-hybridized carbons (Fsp3) is 0.333. The minimum atomic E-state index is 0.602. The Kier molecular flexibility index (Phi) is 4.06. The van der Waals surface area contributed by atoms with Crippen LogP contribution in [-0.2, 0) is 6.54 Å². The summed E-state index contributed by atoms with van der Waals surface area (Å²) < 4.78 is 0.877. The van der Waals surface area contributed by atoms with Gasteiger partial charge in [-0.05, 0) is 23.6 Å². The molecule has 0 radical (unpaired) electrons. The van der Waals surface area contributed by atoms with Gasteiger partial charge in [0.25, 0.3) is 0 Å². The molecule has 0 aromatic heterocycles. The SMILES string of the molecule is CC(C)c1ccc(C[N+](C)(C)c2ccccc2)cc1. The lowest BCUT2D eigenvalue weighted by Crippen LogP contribution is -2.39. The van der Waals surface area contributed by atoms with Crippen LogP contribution in [0, 0.1) is 0 Å². The molecule has 0 unspecified atom stereocenters. The maximum Gasteiger partial charge on any atom is 0.132 e. The molecule has 2 aromatic rings. The fourth-order valence-electron chi connectivity index (χ4n) is 2.39. The van der Waals surface area contributed by atoms with Gasteiger partial charge in [0.2, 0.25) is 0 Å². The van der Waals surface area contributed by atoms with E-state index in [0.29, 0.717) is 5.92 Å². The van der Waals surface area contributed by atoms with Gasteiger partial charge in [-0.25, -0.2) is 0 Å². The van der Waals surface area contributed by atoms with Gasteiger partial charge in [-0.15, -0.1) is 0 Å². The lowest BCUT2D eigenvalue weighted by Gasteiger charge is -2.29. The van der Waals surface area contributed by atoms with Crippen molar-refractivity contribution in [1.82, 2.24) is 4.48 Å². The molecule has 0 atom stereocenters. The normalized spacial score (nSPS) is 11.8. The summed E-state index contributed by atoms with van der Waals surface area (Å²) in [6.45, 7) is 5.49. The number of hydrogen-bond acceptors (Lipinski definition) is 0. The van der Waals surface area contributed by atoms with Crippen molar-refractivity contribution in [3.63, 3.8) is 0 Å². The third kappa shape index (κ3) is 3.45. The summed E-state index contributed by atoms with van der Waals surface area (Å²) in [5.74, 6) is 0.602. The Morgan fingerprint density at radius 2 is 1.42 bits per heavy atom. The molecular weight excluding hydrogens is 230 g/mol. The first kappa shape index (κ1) is 13.8. The summed E-state index contributed by atoms with van der Waals surface area (Å²) in [5.41, 5.74) is 4.14. The second kappa shape index (κ2) is 5.58. The van der Waals surface area contributed by atoms with Crippen molar-refractivity contribution in [3.05, 3.63) is 65.7 Å². The molecule has 0 aliphatic heterocycles. The average Bonchev–Trinajstić information content (AvgIpc) is 2.40. The zero-order chi connectivity index (χ0) is 13.9. The van der Waals surface area contributed by atoms with E-state index in [1.54, 1.807) is 0 Å². The van der Waals surface area contributed by atoms with Crippen LogP contribution in [0.3, 0.4) is 0 Å². The van der Waals surface area contributed by atoms with E-state index in [9.17, 15) is 0 Å². The van der Waals surface area contributed by atoms with Crippen molar-refractivity contribution in [1.29, 1.82) is 0 Å². The zero-order valence-corrected chi connectivity index (χ0v) is 12.4. The highest BCUT2D eigenvalue weighted by Gasteiger charge is 2.18. The Hall–Kier alpha value is -1.60. The first-order chi connectivity index (χ1) is 8.99. The van der Waals surface area contributed by atoms with E-state index in [1.165, 1.54) is 16.8 Å². The van der Waals surface area contributed by atoms with Gasteiger partial charge in [0.05, 0.1) is 14.1 Å². The van der Waals surface area contributed by atoms with E-state index >= 15 is 0 Å². The van der Waals surface area contributed by atoms with E-state index in [4.69, 9.17) is 0 Å². The quantitative estimate of drug-likeness (QED) is 0.701. The molecule has 0 heterocycles. The topological polar surface area (TPSA) is 0 Å². The van der Waals surface area contributed by atoms with Crippen molar-refractivity contribution in [2.24, 2.45) is 0 Å². The first-order valence-corrected chi connectivity index (χ1v) is 6.96. The molecule has 0 aliphatic rings. The molecule has 2 aromatic carbocycles. The van der Waals surface area contributed by atoms with Crippen molar-refractivity contribution in [2.45, 2.75) is 26.3 Å². The van der Waals surface area contributed by atoms with Crippen molar-refractivity contribution in [2.75, 3.05) is 14.1 Å². The van der Waals surface area contributed by atoms with Crippen molar-refractivity contribution in [3.8, 4) is 0 Å². The Morgan fingerprint density at radius 3 is 1.95 bits per heavy atom. The van der Waals surface area contributed by atoms with Crippen LogP contribution >= 0.6 is 0 Å². The van der Waals surface area contributed by atoms with E-state index in [1.807, 2.05) is 0 Å². The molecular formula is C18H24N+. The maximum absolute atomic E-state index is 2.26. The third-order valence-corrected chi connectivity index (χ3v) is 3.68. The second-order valence-corrected chi connectivity index (χ2v) is 6.07. The van der Waals surface area contributed by atoms with Crippen LogP contribution in [0.15, 0.2) is 54.6 Å². The summed E-state index contributed by atoms with van der Waals surface area (Å²) in [6, 6.07) is 19.7. The van der Waals surface area contributed by atoms with E-state index in [-0.39, 0.29) is 0 Å². The van der Waals surface area contributed by atoms with Crippen LogP contribution < -0.4 is 4.48 Å². The molecule has 100 valence electrons. The molecule has 1 heteroatoms. The highest BCUT2D eigenvalue weighted by molar-refractivity contribution is 5.42. The molecule has 0 spiro atoms. The van der Waals surface area contributed by atoms with Gasteiger partial charge in [-0.1, -0.05) is 56.3 Å². The van der Waals surface area contributed by atoms with E-state index < -0.39 is 0 Å². The molecule has 19 heavy (non-hydrogen) atoms. The van der Waals surface area contributed by atoms with Gasteiger partial charge in [0.15, 0.2) is 0 Å². The predicted octanol–water partition coefficient (Wildman–Crippen LogP) is 4.58. The smallest absolute Gasteiger partial charge is 0.132 e. The highest BCUT2D eigenvalue weighted by atomic mass is 15.3. The number of para-hydroxylation sites is 1. The van der Waals surface area contributed by atoms with Gasteiger partial charge in [-0.2, -0.15) is 0 Å². The van der Waals surface area contributed by atoms with Crippen molar-refractivity contribution < 1.29 is 0 Å². The molecule has 0 fully saturated rings. The lowest BCUT2D eigenvalue weighted by atomic mass is 10.0. The van der Waals surface area contributed by atoms with Gasteiger partial charge < -0.3 is 0 Å². The Labute approximate surface area is 117 Å². The molecule has 1 nitrogen and oxygen atoms in total. The van der Waals surface area contributed by atoms with Crippen LogP contribution in [0.1, 0.15) is 30.9 Å². The van der Waals surface area contributed by atoms with Crippen LogP contribution in [0.5, 0.6) is 0 Å². The van der Waals surface area contributed by atoms with Crippen molar-refractivity contribution >= 4 is 5.69 Å². The molecule has 0 saturated carbocycles. The summed E-state index contributed by atoms with van der Waals surface area (Å²) in [7, 11) is 4.51. The summed E-state index contributed by atoms with van der Waals surface area (Å²) in [4.78, 5) is 0.